The second-order valence-corrected chi connectivity index (χ2v) is 11.3. The molecule has 1 unspecified atom stereocenters. The maximum Gasteiger partial charge on any atom is 0.256 e. The second kappa shape index (κ2) is 8.57. The predicted octanol–water partition coefficient (Wildman–Crippen LogP) is 4.77. The second-order valence-electron chi connectivity index (χ2n) is 9.05. The van der Waals surface area contributed by atoms with Gasteiger partial charge in [0.15, 0.2) is 15.5 Å². The zero-order chi connectivity index (χ0) is 24.9. The SMILES string of the molecule is Cc1cccc(NC(=O)c2cc(-c3ccc(F)cc3)nc3c2c(C)nn3C2CCS(=O)(=O)C2)c1C. The number of nitrogens with one attached hydrogen (secondary N) is 1. The Kier molecular flexibility index (Phi) is 5.67. The van der Waals surface area contributed by atoms with Gasteiger partial charge in [0.2, 0.25) is 0 Å². The lowest BCUT2D eigenvalue weighted by Crippen LogP contribution is -2.15. The number of halogens is 1. The standard InChI is InChI=1S/C26H25FN4O3S/c1-15-5-4-6-22(16(15)2)29-26(32)21-13-23(18-7-9-19(27)10-8-18)28-25-24(21)17(3)30-31(25)20-11-12-35(33,34)14-20/h4-10,13,20H,11-12,14H2,1-3H3,(H,29,32). The van der Waals surface area contributed by atoms with Crippen molar-refractivity contribution in [2.24, 2.45) is 0 Å². The fourth-order valence-corrected chi connectivity index (χ4v) is 6.25. The van der Waals surface area contributed by atoms with Gasteiger partial charge in [-0.1, -0.05) is 12.1 Å². The van der Waals surface area contributed by atoms with Crippen molar-refractivity contribution in [2.75, 3.05) is 16.8 Å². The molecule has 7 nitrogen and oxygen atoms in total. The van der Waals surface area contributed by atoms with Crippen molar-refractivity contribution in [1.82, 2.24) is 14.8 Å². The Hall–Kier alpha value is -3.59. The summed E-state index contributed by atoms with van der Waals surface area (Å²) in [6.45, 7) is 5.71. The van der Waals surface area contributed by atoms with Gasteiger partial charge in [0.1, 0.15) is 5.82 Å². The summed E-state index contributed by atoms with van der Waals surface area (Å²) in [6.07, 6.45) is 0.436. The first-order valence-electron chi connectivity index (χ1n) is 11.4. The van der Waals surface area contributed by atoms with E-state index in [2.05, 4.69) is 10.4 Å². The Morgan fingerprint density at radius 2 is 1.86 bits per heavy atom. The number of aromatic nitrogens is 3. The van der Waals surface area contributed by atoms with Gasteiger partial charge in [0.25, 0.3) is 5.91 Å². The number of hydrogen-bond donors (Lipinski definition) is 1. The molecule has 0 bridgehead atoms. The predicted molar refractivity (Wildman–Crippen MR) is 134 cm³/mol. The highest BCUT2D eigenvalue weighted by Crippen LogP contribution is 2.32. The molecule has 0 saturated carbocycles. The molecule has 0 spiro atoms. The zero-order valence-corrected chi connectivity index (χ0v) is 20.5. The minimum atomic E-state index is -3.16. The number of benzene rings is 2. The molecule has 4 aromatic rings. The summed E-state index contributed by atoms with van der Waals surface area (Å²) < 4.78 is 39.5. The van der Waals surface area contributed by atoms with Crippen LogP contribution >= 0.6 is 0 Å². The van der Waals surface area contributed by atoms with Crippen LogP contribution in [0.15, 0.2) is 48.5 Å². The van der Waals surface area contributed by atoms with Crippen LogP contribution in [0.25, 0.3) is 22.3 Å². The van der Waals surface area contributed by atoms with Crippen LogP contribution in [0.1, 0.15) is 39.6 Å². The number of pyridine rings is 1. The van der Waals surface area contributed by atoms with E-state index >= 15 is 0 Å². The van der Waals surface area contributed by atoms with Gasteiger partial charge in [0.05, 0.1) is 39.9 Å². The molecular weight excluding hydrogens is 467 g/mol. The highest BCUT2D eigenvalue weighted by Gasteiger charge is 2.32. The van der Waals surface area contributed by atoms with E-state index in [1.165, 1.54) is 12.1 Å². The number of aryl methyl sites for hydroxylation is 2. The van der Waals surface area contributed by atoms with Crippen LogP contribution in [0.3, 0.4) is 0 Å². The van der Waals surface area contributed by atoms with Gasteiger partial charge in [-0.05, 0) is 74.7 Å². The molecule has 1 fully saturated rings. The van der Waals surface area contributed by atoms with Crippen molar-refractivity contribution in [2.45, 2.75) is 33.2 Å². The number of carbonyl (C=O) groups is 1. The zero-order valence-electron chi connectivity index (χ0n) is 19.7. The van der Waals surface area contributed by atoms with E-state index < -0.39 is 9.84 Å². The number of anilines is 1. The van der Waals surface area contributed by atoms with E-state index in [0.29, 0.717) is 45.7 Å². The Morgan fingerprint density at radius 3 is 2.54 bits per heavy atom. The normalized spacial score (nSPS) is 17.1. The molecule has 3 heterocycles. The van der Waals surface area contributed by atoms with Crippen LogP contribution in [0.2, 0.25) is 0 Å². The highest BCUT2D eigenvalue weighted by atomic mass is 32.2. The third kappa shape index (κ3) is 4.32. The molecule has 1 N–H and O–H groups in total. The van der Waals surface area contributed by atoms with E-state index in [1.807, 2.05) is 32.0 Å². The Labute approximate surface area is 202 Å². The molecule has 180 valence electrons. The van der Waals surface area contributed by atoms with Crippen LogP contribution in [-0.4, -0.2) is 40.6 Å². The average molecular weight is 493 g/mol. The first kappa shape index (κ1) is 23.2. The van der Waals surface area contributed by atoms with Crippen LogP contribution in [-0.2, 0) is 9.84 Å². The fraction of sp³-hybridized carbons (Fsp3) is 0.269. The van der Waals surface area contributed by atoms with E-state index in [0.717, 1.165) is 11.1 Å². The summed E-state index contributed by atoms with van der Waals surface area (Å²) in [4.78, 5) is 18.4. The molecule has 0 radical (unpaired) electrons. The number of amides is 1. The Bertz CT molecular complexity index is 1580. The minimum absolute atomic E-state index is 0.0182. The molecule has 1 amide bonds. The lowest BCUT2D eigenvalue weighted by atomic mass is 10.0. The molecule has 1 aliphatic rings. The average Bonchev–Trinajstić information content (AvgIpc) is 3.35. The van der Waals surface area contributed by atoms with Gasteiger partial charge in [-0.3, -0.25) is 4.79 Å². The molecule has 1 saturated heterocycles. The van der Waals surface area contributed by atoms with Gasteiger partial charge in [-0.15, -0.1) is 0 Å². The minimum Gasteiger partial charge on any atom is -0.322 e. The quantitative estimate of drug-likeness (QED) is 0.443. The number of hydrogen-bond acceptors (Lipinski definition) is 5. The van der Waals surface area contributed by atoms with Crippen molar-refractivity contribution in [3.63, 3.8) is 0 Å². The monoisotopic (exact) mass is 492 g/mol. The van der Waals surface area contributed by atoms with Crippen molar-refractivity contribution in [1.29, 1.82) is 0 Å². The number of nitrogens with zero attached hydrogens (tertiary/aromatic N) is 3. The van der Waals surface area contributed by atoms with Gasteiger partial charge in [0, 0.05) is 11.3 Å². The maximum absolute atomic E-state index is 13.6. The van der Waals surface area contributed by atoms with Crippen molar-refractivity contribution in [3.8, 4) is 11.3 Å². The highest BCUT2D eigenvalue weighted by molar-refractivity contribution is 7.91. The lowest BCUT2D eigenvalue weighted by Gasteiger charge is -2.14. The van der Waals surface area contributed by atoms with E-state index in [-0.39, 0.29) is 29.3 Å². The molecular formula is C26H25FN4O3S. The third-order valence-corrected chi connectivity index (χ3v) is 8.38. The summed E-state index contributed by atoms with van der Waals surface area (Å²) in [5.74, 6) is -0.623. The summed E-state index contributed by atoms with van der Waals surface area (Å²) in [5, 5.41) is 8.20. The summed E-state index contributed by atoms with van der Waals surface area (Å²) in [5.41, 5.74) is 5.25. The van der Waals surface area contributed by atoms with E-state index in [4.69, 9.17) is 4.98 Å². The summed E-state index contributed by atoms with van der Waals surface area (Å²) >= 11 is 0. The van der Waals surface area contributed by atoms with Crippen LogP contribution in [0.4, 0.5) is 10.1 Å². The van der Waals surface area contributed by atoms with Crippen molar-refractivity contribution < 1.29 is 17.6 Å². The molecule has 35 heavy (non-hydrogen) atoms. The van der Waals surface area contributed by atoms with E-state index in [9.17, 15) is 17.6 Å². The molecule has 9 heteroatoms. The molecule has 2 aromatic heterocycles. The third-order valence-electron chi connectivity index (χ3n) is 6.63. The van der Waals surface area contributed by atoms with Crippen LogP contribution in [0, 0.1) is 26.6 Å². The number of carbonyl (C=O) groups excluding carboxylic acids is 1. The first-order valence-corrected chi connectivity index (χ1v) is 13.2. The van der Waals surface area contributed by atoms with Crippen molar-refractivity contribution >= 4 is 32.5 Å². The fourth-order valence-electron chi connectivity index (χ4n) is 4.56. The molecule has 0 aliphatic carbocycles. The van der Waals surface area contributed by atoms with Crippen molar-refractivity contribution in [3.05, 3.63) is 76.7 Å². The largest absolute Gasteiger partial charge is 0.322 e. The smallest absolute Gasteiger partial charge is 0.256 e. The molecule has 5 rings (SSSR count). The number of rotatable bonds is 4. The number of sulfone groups is 1. The summed E-state index contributed by atoms with van der Waals surface area (Å²) in [7, 11) is -3.16. The van der Waals surface area contributed by atoms with E-state index in [1.54, 1.807) is 29.8 Å². The maximum atomic E-state index is 13.6. The van der Waals surface area contributed by atoms with Crippen LogP contribution < -0.4 is 5.32 Å². The first-order chi connectivity index (χ1) is 16.6. The number of fused-ring (bicyclic) bond motifs is 1. The topological polar surface area (TPSA) is 93.9 Å². The van der Waals surface area contributed by atoms with Crippen LogP contribution in [0.5, 0.6) is 0 Å². The van der Waals surface area contributed by atoms with Gasteiger partial charge >= 0.3 is 0 Å². The molecule has 2 aromatic carbocycles. The Balaban J connectivity index is 1.69. The molecule has 1 aliphatic heterocycles. The van der Waals surface area contributed by atoms with Gasteiger partial charge in [-0.25, -0.2) is 22.5 Å². The molecule has 1 atom stereocenters. The van der Waals surface area contributed by atoms with Gasteiger partial charge in [-0.2, -0.15) is 5.10 Å². The lowest BCUT2D eigenvalue weighted by molar-refractivity contribution is 0.102. The van der Waals surface area contributed by atoms with Gasteiger partial charge < -0.3 is 5.32 Å². The summed E-state index contributed by atoms with van der Waals surface area (Å²) in [6, 6.07) is 12.9. The Morgan fingerprint density at radius 1 is 1.11 bits per heavy atom.